The molecular weight excluding hydrogens is 473 g/mol. The maximum Gasteiger partial charge on any atom is 0.223 e. The number of rotatable bonds is 7. The number of aryl methyl sites for hydroxylation is 1. The van der Waals surface area contributed by atoms with E-state index in [4.69, 9.17) is 14.0 Å². The zero-order valence-electron chi connectivity index (χ0n) is 16.5. The van der Waals surface area contributed by atoms with Crippen molar-refractivity contribution in [2.24, 2.45) is 4.99 Å². The molecule has 154 valence electrons. The molecule has 1 heterocycles. The predicted octanol–water partition coefficient (Wildman–Crippen LogP) is 3.19. The van der Waals surface area contributed by atoms with Crippen LogP contribution in [0.5, 0.6) is 11.5 Å². The summed E-state index contributed by atoms with van der Waals surface area (Å²) < 4.78 is 16.8. The summed E-state index contributed by atoms with van der Waals surface area (Å²) in [6.45, 7) is 2.75. The Morgan fingerprint density at radius 3 is 2.64 bits per heavy atom. The lowest BCUT2D eigenvalue weighted by Crippen LogP contribution is -2.36. The van der Waals surface area contributed by atoms with E-state index in [2.05, 4.69) is 25.8 Å². The fourth-order valence-electron chi connectivity index (χ4n) is 3.14. The highest BCUT2D eigenvalue weighted by Crippen LogP contribution is 2.34. The lowest BCUT2D eigenvalue weighted by molar-refractivity contribution is 0.198. The third-order valence-corrected chi connectivity index (χ3v) is 4.52. The predicted molar refractivity (Wildman–Crippen MR) is 117 cm³/mol. The van der Waals surface area contributed by atoms with Gasteiger partial charge in [0.25, 0.3) is 0 Å². The van der Waals surface area contributed by atoms with Crippen LogP contribution in [0.3, 0.4) is 0 Å². The molecule has 28 heavy (non-hydrogen) atoms. The molecule has 1 saturated carbocycles. The second-order valence-electron chi connectivity index (χ2n) is 6.48. The topological polar surface area (TPSA) is 93.8 Å². The molecule has 0 saturated heterocycles. The Morgan fingerprint density at radius 2 is 2.00 bits per heavy atom. The zero-order chi connectivity index (χ0) is 19.1. The highest BCUT2D eigenvalue weighted by molar-refractivity contribution is 14.0. The fraction of sp³-hybridized carbons (Fsp3) is 0.526. The van der Waals surface area contributed by atoms with Gasteiger partial charge in [-0.2, -0.15) is 4.98 Å². The number of hydrogen-bond acceptors (Lipinski definition) is 6. The van der Waals surface area contributed by atoms with Crippen LogP contribution >= 0.6 is 24.0 Å². The first-order chi connectivity index (χ1) is 13.2. The van der Waals surface area contributed by atoms with Gasteiger partial charge in [-0.25, -0.2) is 0 Å². The van der Waals surface area contributed by atoms with Gasteiger partial charge in [-0.3, -0.25) is 4.99 Å². The zero-order valence-corrected chi connectivity index (χ0v) is 18.9. The number of guanidine groups is 1. The van der Waals surface area contributed by atoms with Crippen LogP contribution in [0.25, 0.3) is 0 Å². The Balaban J connectivity index is 0.00000280. The first kappa shape index (κ1) is 22.3. The molecule has 8 nitrogen and oxygen atoms in total. The lowest BCUT2D eigenvalue weighted by atomic mass is 10.1. The number of benzene rings is 1. The molecule has 3 rings (SSSR count). The second-order valence-corrected chi connectivity index (χ2v) is 6.48. The third-order valence-electron chi connectivity index (χ3n) is 4.52. The van der Waals surface area contributed by atoms with Gasteiger partial charge in [0.2, 0.25) is 5.89 Å². The summed E-state index contributed by atoms with van der Waals surface area (Å²) in [4.78, 5) is 8.41. The Morgan fingerprint density at radius 1 is 1.25 bits per heavy atom. The van der Waals surface area contributed by atoms with Gasteiger partial charge in [0.05, 0.1) is 19.8 Å². The number of methoxy groups -OCH3 is 1. The molecule has 0 spiro atoms. The van der Waals surface area contributed by atoms with Crippen LogP contribution < -0.4 is 20.1 Å². The second kappa shape index (κ2) is 11.1. The average Bonchev–Trinajstić information content (AvgIpc) is 3.34. The van der Waals surface area contributed by atoms with Crippen molar-refractivity contribution in [2.75, 3.05) is 14.2 Å². The van der Waals surface area contributed by atoms with Crippen molar-refractivity contribution in [3.05, 3.63) is 35.5 Å². The first-order valence-corrected chi connectivity index (χ1v) is 9.26. The van der Waals surface area contributed by atoms with Crippen LogP contribution in [0.4, 0.5) is 0 Å². The van der Waals surface area contributed by atoms with E-state index in [1.165, 1.54) is 12.8 Å². The molecule has 2 aromatic rings. The molecule has 0 aliphatic heterocycles. The average molecular weight is 501 g/mol. The van der Waals surface area contributed by atoms with Gasteiger partial charge < -0.3 is 24.6 Å². The van der Waals surface area contributed by atoms with Crippen molar-refractivity contribution in [2.45, 2.75) is 51.8 Å². The molecule has 9 heteroatoms. The number of halogens is 1. The van der Waals surface area contributed by atoms with E-state index in [-0.39, 0.29) is 30.1 Å². The number of aliphatic imine (C=N–C) groups is 1. The number of ether oxygens (including phenoxy) is 2. The van der Waals surface area contributed by atoms with Crippen molar-refractivity contribution in [3.8, 4) is 11.5 Å². The number of hydrogen-bond donors (Lipinski definition) is 2. The van der Waals surface area contributed by atoms with Crippen molar-refractivity contribution >= 4 is 29.9 Å². The summed E-state index contributed by atoms with van der Waals surface area (Å²) in [7, 11) is 3.39. The quantitative estimate of drug-likeness (QED) is 0.342. The molecule has 0 bridgehead atoms. The number of para-hydroxylation sites is 1. The molecule has 1 aliphatic carbocycles. The number of nitrogens with zero attached hydrogens (tertiary/aromatic N) is 3. The van der Waals surface area contributed by atoms with E-state index in [1.54, 1.807) is 21.1 Å². The number of aromatic nitrogens is 2. The Kier molecular flexibility index (Phi) is 8.81. The van der Waals surface area contributed by atoms with Gasteiger partial charge in [0.1, 0.15) is 0 Å². The van der Waals surface area contributed by atoms with E-state index in [9.17, 15) is 0 Å². The lowest BCUT2D eigenvalue weighted by Gasteiger charge is -2.20. The van der Waals surface area contributed by atoms with Gasteiger partial charge in [0, 0.05) is 26.1 Å². The van der Waals surface area contributed by atoms with Crippen LogP contribution in [0.15, 0.2) is 27.7 Å². The summed E-state index contributed by atoms with van der Waals surface area (Å²) in [5.41, 5.74) is 1.03. The van der Waals surface area contributed by atoms with Crippen molar-refractivity contribution in [1.29, 1.82) is 0 Å². The SMILES string of the molecule is CN=C(NCc1noc(C)n1)NCc1cccc(OC)c1OC1CCCC1.I. The van der Waals surface area contributed by atoms with E-state index in [0.29, 0.717) is 30.8 Å². The minimum Gasteiger partial charge on any atom is -0.493 e. The summed E-state index contributed by atoms with van der Waals surface area (Å²) >= 11 is 0. The van der Waals surface area contributed by atoms with Gasteiger partial charge in [-0.05, 0) is 31.7 Å². The molecule has 0 atom stereocenters. The summed E-state index contributed by atoms with van der Waals surface area (Å²) in [6, 6.07) is 5.94. The standard InChI is InChI=1S/C19H27N5O3.HI/c1-13-23-17(24-27-13)12-22-19(20-2)21-11-14-7-6-10-16(25-3)18(14)26-15-8-4-5-9-15;/h6-7,10,15H,4-5,8-9,11-12H2,1-3H3,(H2,20,21,22);1H. The highest BCUT2D eigenvalue weighted by atomic mass is 127. The van der Waals surface area contributed by atoms with Crippen LogP contribution in [-0.4, -0.2) is 36.4 Å². The van der Waals surface area contributed by atoms with Crippen molar-refractivity contribution in [3.63, 3.8) is 0 Å². The minimum absolute atomic E-state index is 0. The van der Waals surface area contributed by atoms with E-state index < -0.39 is 0 Å². The molecule has 1 aromatic carbocycles. The summed E-state index contributed by atoms with van der Waals surface area (Å²) in [5.74, 6) is 3.34. The molecule has 0 amide bonds. The maximum atomic E-state index is 6.27. The number of nitrogens with one attached hydrogen (secondary N) is 2. The molecule has 1 aromatic heterocycles. The normalized spacial score (nSPS) is 14.5. The Hall–Kier alpha value is -2.04. The molecule has 1 aliphatic rings. The molecule has 1 fully saturated rings. The molecule has 2 N–H and O–H groups in total. The first-order valence-electron chi connectivity index (χ1n) is 9.26. The van der Waals surface area contributed by atoms with Crippen molar-refractivity contribution in [1.82, 2.24) is 20.8 Å². The smallest absolute Gasteiger partial charge is 0.223 e. The molecule has 0 unspecified atom stereocenters. The fourth-order valence-corrected chi connectivity index (χ4v) is 3.14. The Labute approximate surface area is 182 Å². The monoisotopic (exact) mass is 501 g/mol. The van der Waals surface area contributed by atoms with E-state index in [1.807, 2.05) is 18.2 Å². The largest absolute Gasteiger partial charge is 0.493 e. The van der Waals surface area contributed by atoms with Crippen LogP contribution in [0.1, 0.15) is 43.0 Å². The van der Waals surface area contributed by atoms with Gasteiger partial charge in [-0.1, -0.05) is 17.3 Å². The van der Waals surface area contributed by atoms with E-state index in [0.717, 1.165) is 29.9 Å². The summed E-state index contributed by atoms with van der Waals surface area (Å²) in [6.07, 6.45) is 4.90. The van der Waals surface area contributed by atoms with Crippen LogP contribution in [0, 0.1) is 6.92 Å². The maximum absolute atomic E-state index is 6.27. The highest BCUT2D eigenvalue weighted by Gasteiger charge is 2.20. The minimum atomic E-state index is 0. The Bertz CT molecular complexity index is 775. The van der Waals surface area contributed by atoms with E-state index >= 15 is 0 Å². The third kappa shape index (κ3) is 5.98. The van der Waals surface area contributed by atoms with Gasteiger partial charge >= 0.3 is 0 Å². The van der Waals surface area contributed by atoms with Gasteiger partial charge in [0.15, 0.2) is 23.3 Å². The van der Waals surface area contributed by atoms with Crippen LogP contribution in [0.2, 0.25) is 0 Å². The summed E-state index contributed by atoms with van der Waals surface area (Å²) in [5, 5.41) is 10.3. The van der Waals surface area contributed by atoms with Gasteiger partial charge in [-0.15, -0.1) is 24.0 Å². The van der Waals surface area contributed by atoms with Crippen LogP contribution in [-0.2, 0) is 13.1 Å². The molecule has 0 radical (unpaired) electrons. The molecular formula is C19H28IN5O3. The van der Waals surface area contributed by atoms with Crippen molar-refractivity contribution < 1.29 is 14.0 Å².